The Kier molecular flexibility index (Phi) is 6.82. The van der Waals surface area contributed by atoms with Crippen molar-refractivity contribution in [1.82, 2.24) is 20.1 Å². The van der Waals surface area contributed by atoms with Crippen LogP contribution in [0.5, 0.6) is 0 Å². The van der Waals surface area contributed by atoms with Crippen LogP contribution in [0.25, 0.3) is 0 Å². The summed E-state index contributed by atoms with van der Waals surface area (Å²) in [6, 6.07) is 5.42. The number of sulfonamides is 1. The molecule has 2 aliphatic heterocycles. The minimum absolute atomic E-state index is 0.00209. The van der Waals surface area contributed by atoms with Crippen LogP contribution in [-0.2, 0) is 23.0 Å². The number of hydrogen-bond acceptors (Lipinski definition) is 8. The van der Waals surface area contributed by atoms with Gasteiger partial charge in [-0.3, -0.25) is 4.79 Å². The molecule has 0 atom stereocenters. The summed E-state index contributed by atoms with van der Waals surface area (Å²) < 4.78 is 29.5. The fraction of sp³-hybridized carbons (Fsp3) is 0.500. The minimum atomic E-state index is -3.40. The van der Waals surface area contributed by atoms with E-state index in [4.69, 9.17) is 0 Å². The number of anilines is 1. The van der Waals surface area contributed by atoms with Crippen LogP contribution in [0.1, 0.15) is 36.5 Å². The smallest absolute Gasteiger partial charge is 0.257 e. The van der Waals surface area contributed by atoms with Gasteiger partial charge in [-0.05, 0) is 48.6 Å². The zero-order chi connectivity index (χ0) is 22.9. The number of carbonyl (C=O) groups excluding carboxylic acids is 1. The fourth-order valence-corrected chi connectivity index (χ4v) is 6.44. The first-order chi connectivity index (χ1) is 15.3. The lowest BCUT2D eigenvalue weighted by molar-refractivity contribution is 0.0953. The average molecular weight is 495 g/mol. The molecule has 172 valence electrons. The third kappa shape index (κ3) is 4.96. The van der Waals surface area contributed by atoms with Gasteiger partial charge in [-0.15, -0.1) is 14.6 Å². The number of thioether (sulfide) groups is 2. The lowest BCUT2D eigenvalue weighted by Gasteiger charge is -2.22. The molecule has 1 aromatic carbocycles. The molecule has 32 heavy (non-hydrogen) atoms. The van der Waals surface area contributed by atoms with Crippen LogP contribution in [-0.4, -0.2) is 59.4 Å². The number of benzene rings is 1. The highest BCUT2D eigenvalue weighted by atomic mass is 32.2. The molecule has 4 rings (SSSR count). The number of aryl methyl sites for hydroxylation is 1. The largest absolute Gasteiger partial charge is 0.352 e. The quantitative estimate of drug-likeness (QED) is 0.441. The van der Waals surface area contributed by atoms with Gasteiger partial charge in [-0.2, -0.15) is 0 Å². The molecule has 0 fully saturated rings. The number of carbonyl (C=O) groups is 1. The molecule has 2 aliphatic rings. The Bertz CT molecular complexity index is 1160. The molecule has 9 nitrogen and oxygen atoms in total. The summed E-state index contributed by atoms with van der Waals surface area (Å²) in [4.78, 5) is 15.4. The van der Waals surface area contributed by atoms with Crippen LogP contribution < -0.4 is 10.2 Å². The van der Waals surface area contributed by atoms with Crippen molar-refractivity contribution in [1.29, 1.82) is 0 Å². The lowest BCUT2D eigenvalue weighted by Crippen LogP contribution is -2.35. The average Bonchev–Trinajstić information content (AvgIpc) is 3.28. The Labute approximate surface area is 196 Å². The van der Waals surface area contributed by atoms with Crippen LogP contribution >= 0.6 is 23.5 Å². The third-order valence-electron chi connectivity index (χ3n) is 5.12. The van der Waals surface area contributed by atoms with Crippen LogP contribution in [0.4, 0.5) is 5.69 Å². The van der Waals surface area contributed by atoms with Crippen molar-refractivity contribution in [3.8, 4) is 0 Å². The van der Waals surface area contributed by atoms with Gasteiger partial charge in [-0.1, -0.05) is 25.6 Å². The van der Waals surface area contributed by atoms with Crippen LogP contribution in [0.3, 0.4) is 0 Å². The van der Waals surface area contributed by atoms with Gasteiger partial charge in [0.15, 0.2) is 10.3 Å². The van der Waals surface area contributed by atoms with Gasteiger partial charge < -0.3 is 14.8 Å². The van der Waals surface area contributed by atoms with E-state index in [9.17, 15) is 13.2 Å². The van der Waals surface area contributed by atoms with Crippen molar-refractivity contribution in [3.63, 3.8) is 0 Å². The number of aromatic nitrogens is 3. The van der Waals surface area contributed by atoms with Gasteiger partial charge in [0, 0.05) is 36.5 Å². The van der Waals surface area contributed by atoms with E-state index in [2.05, 4.69) is 38.3 Å². The molecular formula is C20H26N6O3S3. The van der Waals surface area contributed by atoms with Crippen LogP contribution in [0.2, 0.25) is 0 Å². The highest BCUT2D eigenvalue weighted by molar-refractivity contribution is 8.15. The second kappa shape index (κ2) is 9.44. The van der Waals surface area contributed by atoms with Crippen LogP contribution in [0, 0.1) is 5.92 Å². The minimum Gasteiger partial charge on any atom is -0.352 e. The van der Waals surface area contributed by atoms with Gasteiger partial charge in [0.05, 0.1) is 11.4 Å². The maximum absolute atomic E-state index is 12.6. The number of nitrogens with zero attached hydrogens (tertiary/aromatic N) is 5. The SMILES string of the molecule is CSc1nnc(CCCNC(=O)c2ccc3c(c2)SC2=NS(=O)(=O)CCN23)n1CC(C)C. The Hall–Kier alpha value is -2.05. The zero-order valence-corrected chi connectivity index (χ0v) is 20.7. The number of nitrogens with one attached hydrogen (secondary N) is 1. The zero-order valence-electron chi connectivity index (χ0n) is 18.2. The summed E-state index contributed by atoms with van der Waals surface area (Å²) in [6.45, 7) is 6.12. The summed E-state index contributed by atoms with van der Waals surface area (Å²) in [5.74, 6) is 1.29. The van der Waals surface area contributed by atoms with E-state index in [-0.39, 0.29) is 11.7 Å². The number of rotatable bonds is 8. The van der Waals surface area contributed by atoms with Crippen LogP contribution in [0.15, 0.2) is 32.6 Å². The fourth-order valence-electron chi connectivity index (χ4n) is 3.63. The Morgan fingerprint density at radius 2 is 2.12 bits per heavy atom. The highest BCUT2D eigenvalue weighted by Gasteiger charge is 2.33. The molecule has 0 unspecified atom stereocenters. The van der Waals surface area contributed by atoms with E-state index < -0.39 is 10.0 Å². The Morgan fingerprint density at radius 3 is 2.88 bits per heavy atom. The van der Waals surface area contributed by atoms with Crippen molar-refractivity contribution in [2.45, 2.75) is 43.3 Å². The second-order valence-corrected chi connectivity index (χ2v) is 11.6. The van der Waals surface area contributed by atoms with Crippen molar-refractivity contribution in [2.75, 3.05) is 30.0 Å². The topological polar surface area (TPSA) is 110 Å². The van der Waals surface area contributed by atoms with Gasteiger partial charge >= 0.3 is 0 Å². The number of hydrogen-bond donors (Lipinski definition) is 1. The molecule has 0 saturated heterocycles. The van der Waals surface area contributed by atoms with E-state index in [1.54, 1.807) is 23.9 Å². The summed E-state index contributed by atoms with van der Waals surface area (Å²) in [5, 5.41) is 12.9. The van der Waals surface area contributed by atoms with E-state index in [1.807, 2.05) is 17.2 Å². The second-order valence-electron chi connectivity index (χ2n) is 8.06. The van der Waals surface area contributed by atoms with E-state index in [0.717, 1.165) is 41.0 Å². The number of amidine groups is 1. The molecular weight excluding hydrogens is 468 g/mol. The molecule has 0 radical (unpaired) electrons. The molecule has 0 spiro atoms. The third-order valence-corrected chi connectivity index (χ3v) is 8.09. The number of fused-ring (bicyclic) bond motifs is 3. The maximum atomic E-state index is 12.6. The molecule has 12 heteroatoms. The predicted octanol–water partition coefficient (Wildman–Crippen LogP) is 2.63. The van der Waals surface area contributed by atoms with Crippen molar-refractivity contribution in [2.24, 2.45) is 10.3 Å². The summed E-state index contributed by atoms with van der Waals surface area (Å²) >= 11 is 2.88. The first-order valence-electron chi connectivity index (χ1n) is 10.4. The van der Waals surface area contributed by atoms with Crippen molar-refractivity contribution in [3.05, 3.63) is 29.6 Å². The maximum Gasteiger partial charge on any atom is 0.257 e. The molecule has 0 aliphatic carbocycles. The van der Waals surface area contributed by atoms with E-state index in [0.29, 0.717) is 29.7 Å². The summed E-state index contributed by atoms with van der Waals surface area (Å²) in [6.07, 6.45) is 3.50. The molecule has 1 amide bonds. The molecule has 1 aromatic heterocycles. The molecule has 0 saturated carbocycles. The molecule has 3 heterocycles. The van der Waals surface area contributed by atoms with Gasteiger partial charge in [0.2, 0.25) is 0 Å². The summed E-state index contributed by atoms with van der Waals surface area (Å²) in [7, 11) is -3.40. The van der Waals surface area contributed by atoms with Crippen molar-refractivity contribution < 1.29 is 13.2 Å². The van der Waals surface area contributed by atoms with E-state index >= 15 is 0 Å². The lowest BCUT2D eigenvalue weighted by atomic mass is 10.1. The van der Waals surface area contributed by atoms with Crippen molar-refractivity contribution >= 4 is 50.3 Å². The molecule has 1 N–H and O–H groups in total. The highest BCUT2D eigenvalue weighted by Crippen LogP contribution is 2.42. The summed E-state index contributed by atoms with van der Waals surface area (Å²) in [5.41, 5.74) is 1.45. The molecule has 0 bridgehead atoms. The standard InChI is InChI=1S/C20H26N6O3S3/c1-13(2)12-26-17(22-23-19(26)30-3)5-4-8-21-18(27)14-6-7-15-16(11-14)31-20-24-32(28,29)10-9-25(15)20/h6-7,11,13H,4-5,8-10,12H2,1-3H3,(H,21,27). The Morgan fingerprint density at radius 1 is 1.31 bits per heavy atom. The Balaban J connectivity index is 1.34. The van der Waals surface area contributed by atoms with Gasteiger partial charge in [0.1, 0.15) is 5.82 Å². The monoisotopic (exact) mass is 494 g/mol. The predicted molar refractivity (Wildman–Crippen MR) is 128 cm³/mol. The molecule has 2 aromatic rings. The normalized spacial score (nSPS) is 16.6. The van der Waals surface area contributed by atoms with Gasteiger partial charge in [-0.25, -0.2) is 8.42 Å². The first kappa shape index (κ1) is 23.1. The van der Waals surface area contributed by atoms with Gasteiger partial charge in [0.25, 0.3) is 15.9 Å². The number of amides is 1. The van der Waals surface area contributed by atoms with E-state index in [1.165, 1.54) is 11.8 Å². The first-order valence-corrected chi connectivity index (χ1v) is 14.1.